The molecule has 9 nitrogen and oxygen atoms in total. The summed E-state index contributed by atoms with van der Waals surface area (Å²) in [6.07, 6.45) is -0.181. The van der Waals surface area contributed by atoms with Crippen LogP contribution in [-0.4, -0.2) is 90.5 Å². The molecule has 0 aromatic heterocycles. The molecule has 1 aromatic rings. The molecule has 0 unspecified atom stereocenters. The number of carbonyl (C=O) groups is 3. The summed E-state index contributed by atoms with van der Waals surface area (Å²) in [7, 11) is 0. The first kappa shape index (κ1) is 25.2. The Balaban J connectivity index is 1.10. The quantitative estimate of drug-likeness (QED) is 0.617. The summed E-state index contributed by atoms with van der Waals surface area (Å²) in [5, 5.41) is 2.78. The Morgan fingerprint density at radius 3 is 2.24 bits per heavy atom. The van der Waals surface area contributed by atoms with E-state index in [1.54, 1.807) is 15.9 Å². The summed E-state index contributed by atoms with van der Waals surface area (Å²) in [5.41, 5.74) is 0.593. The number of alkyl halides is 3. The van der Waals surface area contributed by atoms with Gasteiger partial charge < -0.3 is 29.5 Å². The van der Waals surface area contributed by atoms with E-state index in [-0.39, 0.29) is 29.8 Å². The van der Waals surface area contributed by atoms with Crippen molar-refractivity contribution in [3.05, 3.63) is 35.9 Å². The fourth-order valence-electron chi connectivity index (χ4n) is 5.68. The molecule has 0 spiro atoms. The predicted octanol–water partition coefficient (Wildman–Crippen LogP) is 3.07. The van der Waals surface area contributed by atoms with Crippen LogP contribution in [0.3, 0.4) is 0 Å². The summed E-state index contributed by atoms with van der Waals surface area (Å²) in [5.74, 6) is 0.169. The van der Waals surface area contributed by atoms with Gasteiger partial charge in [-0.25, -0.2) is 9.59 Å². The minimum atomic E-state index is -4.75. The Morgan fingerprint density at radius 1 is 0.946 bits per heavy atom. The van der Waals surface area contributed by atoms with E-state index in [2.05, 4.69) is 10.1 Å². The number of ether oxygens (including phenoxy) is 2. The molecule has 0 saturated carbocycles. The summed E-state index contributed by atoms with van der Waals surface area (Å²) >= 11 is 0. The highest BCUT2D eigenvalue weighted by Crippen LogP contribution is 2.33. The van der Waals surface area contributed by atoms with Crippen molar-refractivity contribution in [1.29, 1.82) is 0 Å². The number of halogens is 3. The molecule has 200 valence electrons. The fraction of sp³-hybridized carbons (Fsp3) is 0.560. The molecule has 0 aliphatic carbocycles. The number of nitrogens with one attached hydrogen (secondary N) is 1. The molecule has 4 saturated heterocycles. The highest BCUT2D eigenvalue weighted by molar-refractivity contribution is 5.91. The second-order valence-electron chi connectivity index (χ2n) is 9.99. The van der Waals surface area contributed by atoms with E-state index in [0.29, 0.717) is 63.1 Å². The van der Waals surface area contributed by atoms with E-state index in [9.17, 15) is 27.6 Å². The molecule has 4 fully saturated rings. The average Bonchev–Trinajstić information content (AvgIpc) is 3.37. The molecule has 37 heavy (non-hydrogen) atoms. The first-order valence-corrected chi connectivity index (χ1v) is 12.5. The molecule has 1 N–H and O–H groups in total. The smallest absolute Gasteiger partial charge is 0.442 e. The van der Waals surface area contributed by atoms with Crippen molar-refractivity contribution in [2.24, 2.45) is 11.8 Å². The second-order valence-corrected chi connectivity index (χ2v) is 9.99. The number of urea groups is 1. The maximum Gasteiger partial charge on any atom is 0.573 e. The van der Waals surface area contributed by atoms with Crippen LogP contribution in [0.4, 0.5) is 22.8 Å². The molecule has 12 heteroatoms. The average molecular weight is 523 g/mol. The zero-order valence-electron chi connectivity index (χ0n) is 20.2. The molecule has 5 rings (SSSR count). The summed E-state index contributed by atoms with van der Waals surface area (Å²) < 4.78 is 46.0. The second kappa shape index (κ2) is 10.1. The van der Waals surface area contributed by atoms with Crippen LogP contribution in [0.25, 0.3) is 6.08 Å². The number of rotatable bonds is 3. The topological polar surface area (TPSA) is 91.4 Å². The number of hydrogen-bond acceptors (Lipinski definition) is 5. The Morgan fingerprint density at radius 2 is 1.59 bits per heavy atom. The molecule has 4 amide bonds. The number of amides is 4. The Labute approximate surface area is 212 Å². The van der Waals surface area contributed by atoms with Gasteiger partial charge in [0.15, 0.2) is 0 Å². The fourth-order valence-corrected chi connectivity index (χ4v) is 5.68. The minimum Gasteiger partial charge on any atom is -0.442 e. The number of hydrogen-bond donors (Lipinski definition) is 1. The van der Waals surface area contributed by atoms with Crippen molar-refractivity contribution in [1.82, 2.24) is 20.0 Å². The van der Waals surface area contributed by atoms with Crippen molar-refractivity contribution in [2.45, 2.75) is 37.8 Å². The third kappa shape index (κ3) is 5.94. The van der Waals surface area contributed by atoms with E-state index in [1.165, 1.54) is 30.3 Å². The largest absolute Gasteiger partial charge is 0.573 e. The zero-order valence-corrected chi connectivity index (χ0v) is 20.2. The number of alkyl carbamates (subject to hydrolysis) is 1. The van der Waals surface area contributed by atoms with Crippen LogP contribution >= 0.6 is 0 Å². The Kier molecular flexibility index (Phi) is 6.91. The SMILES string of the molecule is O=C1N[C@@H]2CCN(C(=O)N3C[C@H]4CCN(C(=O)/C=C/c5ccc(OC(F)(F)F)cc5)CC[C@H]4C3)C[C@H]2O1. The van der Waals surface area contributed by atoms with Crippen LogP contribution < -0.4 is 10.1 Å². The first-order valence-electron chi connectivity index (χ1n) is 12.5. The molecule has 1 aromatic carbocycles. The lowest BCUT2D eigenvalue weighted by molar-refractivity contribution is -0.274. The van der Waals surface area contributed by atoms with Crippen molar-refractivity contribution >= 4 is 24.1 Å². The van der Waals surface area contributed by atoms with Gasteiger partial charge in [-0.1, -0.05) is 12.1 Å². The maximum absolute atomic E-state index is 13.1. The highest BCUT2D eigenvalue weighted by atomic mass is 19.4. The van der Waals surface area contributed by atoms with Crippen LogP contribution in [0, 0.1) is 11.8 Å². The lowest BCUT2D eigenvalue weighted by Crippen LogP contribution is -2.53. The Hall–Kier alpha value is -3.44. The van der Waals surface area contributed by atoms with Crippen molar-refractivity contribution in [3.63, 3.8) is 0 Å². The molecule has 4 aliphatic rings. The number of benzene rings is 1. The zero-order chi connectivity index (χ0) is 26.2. The molecule has 0 radical (unpaired) electrons. The lowest BCUT2D eigenvalue weighted by Gasteiger charge is -2.35. The van der Waals surface area contributed by atoms with Gasteiger partial charge in [0.2, 0.25) is 5.91 Å². The number of piperidine rings is 1. The number of nitrogens with zero attached hydrogens (tertiary/aromatic N) is 3. The van der Waals surface area contributed by atoms with Gasteiger partial charge in [0.05, 0.1) is 12.6 Å². The van der Waals surface area contributed by atoms with E-state index in [4.69, 9.17) is 4.74 Å². The van der Waals surface area contributed by atoms with E-state index < -0.39 is 12.5 Å². The number of fused-ring (bicyclic) bond motifs is 2. The number of carbonyl (C=O) groups excluding carboxylic acids is 3. The monoisotopic (exact) mass is 522 g/mol. The van der Waals surface area contributed by atoms with Gasteiger partial charge in [-0.15, -0.1) is 13.2 Å². The third-order valence-electron chi connectivity index (χ3n) is 7.62. The first-order chi connectivity index (χ1) is 17.6. The van der Waals surface area contributed by atoms with Crippen LogP contribution in [0.5, 0.6) is 5.75 Å². The van der Waals surface area contributed by atoms with Gasteiger partial charge in [0, 0.05) is 38.8 Å². The summed E-state index contributed by atoms with van der Waals surface area (Å²) in [4.78, 5) is 42.8. The minimum absolute atomic E-state index is 0.0167. The van der Waals surface area contributed by atoms with Gasteiger partial charge in [0.25, 0.3) is 0 Å². The number of likely N-dealkylation sites (tertiary alicyclic amines) is 3. The van der Waals surface area contributed by atoms with Gasteiger partial charge in [0.1, 0.15) is 11.9 Å². The molecular weight excluding hydrogens is 493 g/mol. The summed E-state index contributed by atoms with van der Waals surface area (Å²) in [6, 6.07) is 5.28. The molecule has 4 aliphatic heterocycles. The normalized spacial score (nSPS) is 27.9. The highest BCUT2D eigenvalue weighted by Gasteiger charge is 2.43. The van der Waals surface area contributed by atoms with Crippen LogP contribution in [0.15, 0.2) is 30.3 Å². The molecule has 4 heterocycles. The van der Waals surface area contributed by atoms with Crippen LogP contribution in [-0.2, 0) is 9.53 Å². The van der Waals surface area contributed by atoms with E-state index in [0.717, 1.165) is 12.8 Å². The Bertz CT molecular complexity index is 1050. The summed E-state index contributed by atoms with van der Waals surface area (Å²) in [6.45, 7) is 3.45. The van der Waals surface area contributed by atoms with E-state index >= 15 is 0 Å². The molecular formula is C25H29F3N4O5. The van der Waals surface area contributed by atoms with Gasteiger partial charge >= 0.3 is 18.5 Å². The van der Waals surface area contributed by atoms with Gasteiger partial charge in [-0.05, 0) is 54.9 Å². The van der Waals surface area contributed by atoms with Gasteiger partial charge in [-0.3, -0.25) is 4.79 Å². The van der Waals surface area contributed by atoms with Crippen molar-refractivity contribution in [2.75, 3.05) is 39.3 Å². The molecule has 0 bridgehead atoms. The van der Waals surface area contributed by atoms with Crippen LogP contribution in [0.2, 0.25) is 0 Å². The predicted molar refractivity (Wildman–Crippen MR) is 125 cm³/mol. The standard InChI is InChI=1S/C25H29F3N4O5/c26-25(27,28)37-19-4-1-16(2-5-19)3-6-22(33)30-10-7-17-13-32(14-18(17)8-11-30)24(35)31-12-9-20-21(15-31)36-23(34)29-20/h1-6,17-18,20-21H,7-15H2,(H,29,34)/b6-3+/t17-,18+,20-,21-/m1/s1. The third-order valence-corrected chi connectivity index (χ3v) is 7.62. The maximum atomic E-state index is 13.1. The van der Waals surface area contributed by atoms with Crippen LogP contribution in [0.1, 0.15) is 24.8 Å². The molecule has 4 atom stereocenters. The van der Waals surface area contributed by atoms with Crippen molar-refractivity contribution in [3.8, 4) is 5.75 Å². The van der Waals surface area contributed by atoms with Crippen molar-refractivity contribution < 1.29 is 37.0 Å². The van der Waals surface area contributed by atoms with E-state index in [1.807, 2.05) is 4.90 Å². The lowest BCUT2D eigenvalue weighted by atomic mass is 9.92. The van der Waals surface area contributed by atoms with Gasteiger partial charge in [-0.2, -0.15) is 0 Å².